The van der Waals surface area contributed by atoms with E-state index in [-0.39, 0.29) is 12.5 Å². The molecule has 2 aromatic rings. The summed E-state index contributed by atoms with van der Waals surface area (Å²) in [7, 11) is 0. The Kier molecular flexibility index (Phi) is 5.65. The molecule has 2 aliphatic carbocycles. The molecule has 0 fully saturated rings. The van der Waals surface area contributed by atoms with Gasteiger partial charge in [-0.15, -0.1) is 0 Å². The van der Waals surface area contributed by atoms with E-state index in [0.717, 1.165) is 17.5 Å². The number of aliphatic carboxylic acids is 1. The van der Waals surface area contributed by atoms with Gasteiger partial charge in [-0.1, -0.05) is 60.7 Å². The number of carboxylic acids is 1. The first kappa shape index (κ1) is 19.2. The summed E-state index contributed by atoms with van der Waals surface area (Å²) in [5.74, 6) is -1.48. The molecule has 2 N–H and O–H groups in total. The minimum Gasteiger partial charge on any atom is -0.481 e. The number of benzene rings is 2. The summed E-state index contributed by atoms with van der Waals surface area (Å²) in [6.45, 7) is 0.226. The molecule has 0 aliphatic heterocycles. The summed E-state index contributed by atoms with van der Waals surface area (Å²) in [4.78, 5) is 24.2. The van der Waals surface area contributed by atoms with Gasteiger partial charge in [0, 0.05) is 12.0 Å². The van der Waals surface area contributed by atoms with E-state index in [1.54, 1.807) is 0 Å². The van der Waals surface area contributed by atoms with E-state index in [0.29, 0.717) is 19.3 Å². The Bertz CT molecular complexity index is 890. The average molecular weight is 391 g/mol. The molecule has 0 heterocycles. The van der Waals surface area contributed by atoms with Gasteiger partial charge in [0.1, 0.15) is 6.61 Å². The number of ether oxygens (including phenoxy) is 1. The average Bonchev–Trinajstić information content (AvgIpc) is 3.02. The normalized spacial score (nSPS) is 20.8. The summed E-state index contributed by atoms with van der Waals surface area (Å²) in [5.41, 5.74) is 4.66. The van der Waals surface area contributed by atoms with Crippen molar-refractivity contribution in [3.8, 4) is 11.1 Å². The number of nitrogens with one attached hydrogen (secondary N) is 1. The highest BCUT2D eigenvalue weighted by Crippen LogP contribution is 2.44. The first-order valence-corrected chi connectivity index (χ1v) is 10.1. The number of allylic oxidation sites excluding steroid dienone is 2. The van der Waals surface area contributed by atoms with E-state index in [2.05, 4.69) is 29.6 Å². The maximum Gasteiger partial charge on any atom is 0.407 e. The molecule has 2 atom stereocenters. The SMILES string of the molecule is O=C(N[C@@H]1CCC=CCC[C@@H]1C(=O)O)OCC1c2ccccc2-c2ccccc21. The van der Waals surface area contributed by atoms with E-state index in [9.17, 15) is 14.7 Å². The van der Waals surface area contributed by atoms with Gasteiger partial charge in [-0.3, -0.25) is 4.79 Å². The fraction of sp³-hybridized carbons (Fsp3) is 0.333. The third-order valence-corrected chi connectivity index (χ3v) is 5.91. The highest BCUT2D eigenvalue weighted by molar-refractivity contribution is 5.79. The number of alkyl carbamates (subject to hydrolysis) is 1. The number of carboxylic acid groups (broad SMARTS) is 1. The van der Waals surface area contributed by atoms with Crippen LogP contribution in [0.4, 0.5) is 4.79 Å². The van der Waals surface area contributed by atoms with Crippen molar-refractivity contribution < 1.29 is 19.4 Å². The van der Waals surface area contributed by atoms with Gasteiger partial charge in [0.05, 0.1) is 5.92 Å². The quantitative estimate of drug-likeness (QED) is 0.739. The van der Waals surface area contributed by atoms with E-state index in [1.165, 1.54) is 11.1 Å². The second-order valence-corrected chi connectivity index (χ2v) is 7.65. The van der Waals surface area contributed by atoms with Gasteiger partial charge in [-0.25, -0.2) is 4.79 Å². The van der Waals surface area contributed by atoms with Crippen LogP contribution in [0.5, 0.6) is 0 Å². The molecule has 0 saturated heterocycles. The number of hydrogen-bond donors (Lipinski definition) is 2. The highest BCUT2D eigenvalue weighted by atomic mass is 16.5. The fourth-order valence-electron chi connectivity index (χ4n) is 4.45. The van der Waals surface area contributed by atoms with E-state index in [4.69, 9.17) is 4.74 Å². The Labute approximate surface area is 170 Å². The molecule has 0 bridgehead atoms. The van der Waals surface area contributed by atoms with Crippen molar-refractivity contribution in [3.05, 3.63) is 71.8 Å². The predicted molar refractivity (Wildman–Crippen MR) is 111 cm³/mol. The first-order valence-electron chi connectivity index (χ1n) is 10.1. The van der Waals surface area contributed by atoms with Crippen LogP contribution >= 0.6 is 0 Å². The molecule has 0 aromatic heterocycles. The number of fused-ring (bicyclic) bond motifs is 3. The second-order valence-electron chi connectivity index (χ2n) is 7.65. The molecule has 150 valence electrons. The number of carbonyl (C=O) groups excluding carboxylic acids is 1. The Morgan fingerprint density at radius 1 is 0.931 bits per heavy atom. The first-order chi connectivity index (χ1) is 14.1. The maximum atomic E-state index is 12.5. The lowest BCUT2D eigenvalue weighted by atomic mass is 9.89. The summed E-state index contributed by atoms with van der Waals surface area (Å²) < 4.78 is 5.58. The monoisotopic (exact) mass is 391 g/mol. The van der Waals surface area contributed by atoms with Gasteiger partial charge < -0.3 is 15.2 Å². The Hall–Kier alpha value is -3.08. The topological polar surface area (TPSA) is 75.6 Å². The molecule has 5 heteroatoms. The summed E-state index contributed by atoms with van der Waals surface area (Å²) in [6, 6.07) is 15.9. The third kappa shape index (κ3) is 4.04. The molecule has 2 aromatic carbocycles. The minimum absolute atomic E-state index is 0.0105. The molecule has 2 aliphatic rings. The minimum atomic E-state index is -0.871. The molecular weight excluding hydrogens is 366 g/mol. The number of carbonyl (C=O) groups is 2. The van der Waals surface area contributed by atoms with Gasteiger partial charge in [0.25, 0.3) is 0 Å². The lowest BCUT2D eigenvalue weighted by molar-refractivity contribution is -0.143. The van der Waals surface area contributed by atoms with Crippen LogP contribution in [0.2, 0.25) is 0 Å². The van der Waals surface area contributed by atoms with Crippen LogP contribution < -0.4 is 5.32 Å². The Morgan fingerprint density at radius 3 is 2.14 bits per heavy atom. The number of amides is 1. The third-order valence-electron chi connectivity index (χ3n) is 5.91. The van der Waals surface area contributed by atoms with E-state index >= 15 is 0 Å². The van der Waals surface area contributed by atoms with E-state index in [1.807, 2.05) is 36.4 Å². The smallest absolute Gasteiger partial charge is 0.407 e. The lowest BCUT2D eigenvalue weighted by Crippen LogP contribution is -2.44. The van der Waals surface area contributed by atoms with Crippen molar-refractivity contribution in [2.45, 2.75) is 37.6 Å². The molecule has 29 heavy (non-hydrogen) atoms. The van der Waals surface area contributed by atoms with Crippen LogP contribution in [0.15, 0.2) is 60.7 Å². The van der Waals surface area contributed by atoms with Crippen molar-refractivity contribution in [1.82, 2.24) is 5.32 Å². The van der Waals surface area contributed by atoms with Gasteiger partial charge in [-0.05, 0) is 47.9 Å². The zero-order valence-corrected chi connectivity index (χ0v) is 16.2. The summed E-state index contributed by atoms with van der Waals surface area (Å²) >= 11 is 0. The standard InChI is InChI=1S/C24H25NO4/c26-23(27)20-13-3-1-2-4-14-22(20)25-24(28)29-15-21-18-11-7-5-9-16(18)17-10-6-8-12-19(17)21/h1-2,5-12,20-22H,3-4,13-15H2,(H,25,28)(H,26,27)/t20-,22+/m0/s1. The largest absolute Gasteiger partial charge is 0.481 e. The van der Waals surface area contributed by atoms with Crippen LogP contribution in [-0.4, -0.2) is 29.8 Å². The molecule has 5 nitrogen and oxygen atoms in total. The van der Waals surface area contributed by atoms with Crippen molar-refractivity contribution in [2.75, 3.05) is 6.61 Å². The number of hydrogen-bond acceptors (Lipinski definition) is 3. The Balaban J connectivity index is 1.44. The van der Waals surface area contributed by atoms with Crippen LogP contribution in [0.25, 0.3) is 11.1 Å². The molecule has 0 spiro atoms. The van der Waals surface area contributed by atoms with Gasteiger partial charge in [0.2, 0.25) is 0 Å². The van der Waals surface area contributed by atoms with Crippen molar-refractivity contribution in [3.63, 3.8) is 0 Å². The van der Waals surface area contributed by atoms with Crippen molar-refractivity contribution in [1.29, 1.82) is 0 Å². The summed E-state index contributed by atoms with van der Waals surface area (Å²) in [6.07, 6.45) is 6.08. The molecule has 0 unspecified atom stereocenters. The summed E-state index contributed by atoms with van der Waals surface area (Å²) in [5, 5.41) is 12.4. The van der Waals surface area contributed by atoms with Gasteiger partial charge in [-0.2, -0.15) is 0 Å². The molecule has 1 amide bonds. The Morgan fingerprint density at radius 2 is 1.52 bits per heavy atom. The van der Waals surface area contributed by atoms with Crippen molar-refractivity contribution >= 4 is 12.1 Å². The zero-order valence-electron chi connectivity index (χ0n) is 16.2. The predicted octanol–water partition coefficient (Wildman–Crippen LogP) is 4.72. The van der Waals surface area contributed by atoms with E-state index < -0.39 is 24.0 Å². The molecule has 4 rings (SSSR count). The van der Waals surface area contributed by atoms with Crippen molar-refractivity contribution in [2.24, 2.45) is 5.92 Å². The van der Waals surface area contributed by atoms with Crippen LogP contribution in [0.1, 0.15) is 42.7 Å². The zero-order chi connectivity index (χ0) is 20.2. The maximum absolute atomic E-state index is 12.5. The molecule has 0 saturated carbocycles. The molecule has 0 radical (unpaired) electrons. The second kappa shape index (κ2) is 8.52. The van der Waals surface area contributed by atoms with Gasteiger partial charge >= 0.3 is 12.1 Å². The van der Waals surface area contributed by atoms with Crippen LogP contribution in [-0.2, 0) is 9.53 Å². The lowest BCUT2D eigenvalue weighted by Gasteiger charge is -2.26. The molecular formula is C24H25NO4. The highest BCUT2D eigenvalue weighted by Gasteiger charge is 2.31. The van der Waals surface area contributed by atoms with Gasteiger partial charge in [0.15, 0.2) is 0 Å². The number of rotatable bonds is 4. The van der Waals surface area contributed by atoms with Crippen LogP contribution in [0.3, 0.4) is 0 Å². The fourth-order valence-corrected chi connectivity index (χ4v) is 4.45. The van der Waals surface area contributed by atoms with Crippen LogP contribution in [0, 0.1) is 5.92 Å².